The molecule has 1 atom stereocenters. The van der Waals surface area contributed by atoms with E-state index in [0.29, 0.717) is 5.56 Å². The summed E-state index contributed by atoms with van der Waals surface area (Å²) in [6, 6.07) is 16.2. The number of aromatic amines is 1. The zero-order chi connectivity index (χ0) is 20.1. The van der Waals surface area contributed by atoms with Crippen molar-refractivity contribution in [1.82, 2.24) is 10.3 Å². The first kappa shape index (κ1) is 19.4. The fourth-order valence-electron chi connectivity index (χ4n) is 3.26. The number of ether oxygens (including phenoxy) is 1. The number of hydrogen-bond acceptors (Lipinski definition) is 4. The summed E-state index contributed by atoms with van der Waals surface area (Å²) in [5.74, 6) is -1.06. The molecule has 3 aromatic rings. The van der Waals surface area contributed by atoms with E-state index in [1.807, 2.05) is 61.5 Å². The highest BCUT2D eigenvalue weighted by Gasteiger charge is 2.21. The van der Waals surface area contributed by atoms with E-state index in [1.165, 1.54) is 6.92 Å². The minimum absolute atomic E-state index is 0.0518. The van der Waals surface area contributed by atoms with Crippen molar-refractivity contribution in [1.29, 1.82) is 0 Å². The van der Waals surface area contributed by atoms with Crippen molar-refractivity contribution in [2.45, 2.75) is 26.3 Å². The second-order valence-electron chi connectivity index (χ2n) is 6.62. The number of para-hydroxylation sites is 1. The number of fused-ring (bicyclic) bond motifs is 1. The van der Waals surface area contributed by atoms with Crippen LogP contribution >= 0.6 is 0 Å². The Morgan fingerprint density at radius 1 is 1.04 bits per heavy atom. The van der Waals surface area contributed by atoms with Gasteiger partial charge in [0.25, 0.3) is 0 Å². The third kappa shape index (κ3) is 4.46. The molecular weight excluding hydrogens is 356 g/mol. The van der Waals surface area contributed by atoms with Crippen LogP contribution in [0.5, 0.6) is 0 Å². The maximum Gasteiger partial charge on any atom is 0.308 e. The molecule has 6 nitrogen and oxygen atoms in total. The lowest BCUT2D eigenvalue weighted by atomic mass is 10.0. The molecule has 28 heavy (non-hydrogen) atoms. The van der Waals surface area contributed by atoms with Gasteiger partial charge in [-0.25, -0.2) is 0 Å². The molecule has 6 heteroatoms. The second-order valence-corrected chi connectivity index (χ2v) is 6.62. The highest BCUT2D eigenvalue weighted by Crippen LogP contribution is 2.23. The number of amides is 1. The number of H-pyrrole nitrogens is 1. The van der Waals surface area contributed by atoms with E-state index in [0.717, 1.165) is 22.2 Å². The molecule has 1 aromatic heterocycles. The lowest BCUT2D eigenvalue weighted by Gasteiger charge is -2.17. The van der Waals surface area contributed by atoms with Gasteiger partial charge in [0.05, 0.1) is 12.5 Å². The lowest BCUT2D eigenvalue weighted by Crippen LogP contribution is -2.29. The van der Waals surface area contributed by atoms with Crippen molar-refractivity contribution in [2.75, 3.05) is 6.61 Å². The number of Topliss-reactive ketones (excluding diaryl/α,β-unsaturated/α-hetero) is 1. The Labute approximate surface area is 162 Å². The van der Waals surface area contributed by atoms with Gasteiger partial charge in [0.1, 0.15) is 0 Å². The van der Waals surface area contributed by atoms with Crippen molar-refractivity contribution in [3.63, 3.8) is 0 Å². The topological polar surface area (TPSA) is 88.3 Å². The normalized spacial score (nSPS) is 11.8. The third-order valence-electron chi connectivity index (χ3n) is 4.49. The van der Waals surface area contributed by atoms with Crippen LogP contribution in [-0.4, -0.2) is 29.3 Å². The van der Waals surface area contributed by atoms with E-state index in [2.05, 4.69) is 10.3 Å². The Morgan fingerprint density at radius 3 is 2.43 bits per heavy atom. The zero-order valence-electron chi connectivity index (χ0n) is 15.8. The number of hydrogen-bond donors (Lipinski definition) is 2. The molecule has 0 aliphatic carbocycles. The van der Waals surface area contributed by atoms with E-state index in [9.17, 15) is 14.4 Å². The first-order valence-electron chi connectivity index (χ1n) is 9.04. The van der Waals surface area contributed by atoms with E-state index < -0.39 is 12.0 Å². The number of benzene rings is 2. The van der Waals surface area contributed by atoms with Crippen molar-refractivity contribution in [3.05, 3.63) is 71.4 Å². The minimum Gasteiger partial charge on any atom is -0.457 e. The molecule has 144 valence electrons. The Hall–Kier alpha value is -3.41. The predicted molar refractivity (Wildman–Crippen MR) is 106 cm³/mol. The molecule has 1 unspecified atom stereocenters. The fourth-order valence-corrected chi connectivity index (χ4v) is 3.26. The van der Waals surface area contributed by atoms with E-state index >= 15 is 0 Å². The van der Waals surface area contributed by atoms with Crippen molar-refractivity contribution in [3.8, 4) is 0 Å². The first-order chi connectivity index (χ1) is 13.5. The Kier molecular flexibility index (Phi) is 5.89. The summed E-state index contributed by atoms with van der Waals surface area (Å²) in [6.07, 6.45) is -0.0518. The molecule has 0 saturated carbocycles. The highest BCUT2D eigenvalue weighted by atomic mass is 16.5. The predicted octanol–water partition coefficient (Wildman–Crippen LogP) is 3.47. The van der Waals surface area contributed by atoms with Crippen LogP contribution in [0.15, 0.2) is 54.6 Å². The van der Waals surface area contributed by atoms with Crippen LogP contribution in [0, 0.1) is 6.92 Å². The Bertz CT molecular complexity index is 1010. The molecule has 0 aliphatic heterocycles. The SMILES string of the molecule is CC(=O)NC(CC(=O)OCC(=O)c1c(C)[nH]c2ccccc12)c1ccccc1. The van der Waals surface area contributed by atoms with Crippen LogP contribution in [0.4, 0.5) is 0 Å². The Morgan fingerprint density at radius 2 is 1.71 bits per heavy atom. The van der Waals surface area contributed by atoms with E-state index in [4.69, 9.17) is 4.74 Å². The molecular formula is C22H22N2O4. The maximum atomic E-state index is 12.6. The van der Waals surface area contributed by atoms with Crippen molar-refractivity contribution < 1.29 is 19.1 Å². The van der Waals surface area contributed by atoms with Gasteiger partial charge >= 0.3 is 5.97 Å². The fraction of sp³-hybridized carbons (Fsp3) is 0.227. The molecule has 0 radical (unpaired) electrons. The van der Waals surface area contributed by atoms with Gasteiger partial charge in [-0.3, -0.25) is 14.4 Å². The van der Waals surface area contributed by atoms with Crippen molar-refractivity contribution >= 4 is 28.6 Å². The molecule has 2 N–H and O–H groups in total. The number of ketones is 1. The number of carbonyl (C=O) groups excluding carboxylic acids is 3. The second kappa shape index (κ2) is 8.52. The van der Waals surface area contributed by atoms with Gasteiger partial charge in [-0.15, -0.1) is 0 Å². The summed E-state index contributed by atoms with van der Waals surface area (Å²) >= 11 is 0. The van der Waals surface area contributed by atoms with Crippen LogP contribution < -0.4 is 5.32 Å². The first-order valence-corrected chi connectivity index (χ1v) is 9.04. The van der Waals surface area contributed by atoms with Crippen LogP contribution in [-0.2, 0) is 14.3 Å². The molecule has 0 fully saturated rings. The van der Waals surface area contributed by atoms with Gasteiger partial charge < -0.3 is 15.0 Å². The van der Waals surface area contributed by atoms with Crippen LogP contribution in [0.3, 0.4) is 0 Å². The van der Waals surface area contributed by atoms with Crippen molar-refractivity contribution in [2.24, 2.45) is 0 Å². The summed E-state index contributed by atoms with van der Waals surface area (Å²) in [5, 5.41) is 3.55. The average molecular weight is 378 g/mol. The highest BCUT2D eigenvalue weighted by molar-refractivity contribution is 6.10. The minimum atomic E-state index is -0.548. The monoisotopic (exact) mass is 378 g/mol. The third-order valence-corrected chi connectivity index (χ3v) is 4.49. The van der Waals surface area contributed by atoms with Crippen LogP contribution in [0.2, 0.25) is 0 Å². The smallest absolute Gasteiger partial charge is 0.308 e. The van der Waals surface area contributed by atoms with Gasteiger partial charge in [0.15, 0.2) is 6.61 Å². The number of carbonyl (C=O) groups is 3. The number of rotatable bonds is 7. The number of aryl methyl sites for hydroxylation is 1. The molecule has 0 spiro atoms. The van der Waals surface area contributed by atoms with Crippen LogP contribution in [0.1, 0.15) is 41.0 Å². The molecule has 2 aromatic carbocycles. The maximum absolute atomic E-state index is 12.6. The van der Waals surface area contributed by atoms with Crippen LogP contribution in [0.25, 0.3) is 10.9 Å². The molecule has 1 heterocycles. The largest absolute Gasteiger partial charge is 0.457 e. The van der Waals surface area contributed by atoms with Gasteiger partial charge in [-0.2, -0.15) is 0 Å². The number of aromatic nitrogens is 1. The summed E-state index contributed by atoms with van der Waals surface area (Å²) < 4.78 is 5.21. The van der Waals surface area contributed by atoms with Gasteiger partial charge in [-0.05, 0) is 18.6 Å². The summed E-state index contributed by atoms with van der Waals surface area (Å²) in [6.45, 7) is 2.87. The zero-order valence-corrected chi connectivity index (χ0v) is 15.8. The van der Waals surface area contributed by atoms with E-state index in [-0.39, 0.29) is 24.7 Å². The number of nitrogens with one attached hydrogen (secondary N) is 2. The summed E-state index contributed by atoms with van der Waals surface area (Å²) in [4.78, 5) is 39.5. The molecule has 0 aliphatic rings. The van der Waals surface area contributed by atoms with Gasteiger partial charge in [0, 0.05) is 29.1 Å². The number of esters is 1. The lowest BCUT2D eigenvalue weighted by molar-refractivity contribution is -0.143. The molecule has 3 rings (SSSR count). The Balaban J connectivity index is 1.66. The molecule has 0 bridgehead atoms. The molecule has 0 saturated heterocycles. The average Bonchev–Trinajstić information content (AvgIpc) is 3.01. The van der Waals surface area contributed by atoms with Gasteiger partial charge in [0.2, 0.25) is 11.7 Å². The molecule has 1 amide bonds. The summed E-state index contributed by atoms with van der Waals surface area (Å²) in [7, 11) is 0. The van der Waals surface area contributed by atoms with E-state index in [1.54, 1.807) is 0 Å². The van der Waals surface area contributed by atoms with Gasteiger partial charge in [-0.1, -0.05) is 48.5 Å². The quantitative estimate of drug-likeness (QED) is 0.487. The standard InChI is InChI=1S/C22H22N2O4/c1-14-22(17-10-6-7-11-18(17)23-14)20(26)13-28-21(27)12-19(24-15(2)25)16-8-4-3-5-9-16/h3-11,19,23H,12-13H2,1-2H3,(H,24,25). The summed E-state index contributed by atoms with van der Waals surface area (Å²) in [5.41, 5.74) is 2.94.